The number of nitrogens with zero attached hydrogens (tertiary/aromatic N) is 1. The molecular formula is C16H15ClN2O2S. The van der Waals surface area contributed by atoms with Crippen molar-refractivity contribution in [2.75, 3.05) is 0 Å². The van der Waals surface area contributed by atoms with Crippen LogP contribution in [0.2, 0.25) is 5.02 Å². The monoisotopic (exact) mass is 334 g/mol. The van der Waals surface area contributed by atoms with E-state index in [4.69, 9.17) is 11.6 Å². The summed E-state index contributed by atoms with van der Waals surface area (Å²) in [6.07, 6.45) is 3.36. The van der Waals surface area contributed by atoms with Gasteiger partial charge in [0.2, 0.25) is 0 Å². The molecule has 0 spiro atoms. The van der Waals surface area contributed by atoms with Gasteiger partial charge in [0.1, 0.15) is 0 Å². The van der Waals surface area contributed by atoms with E-state index >= 15 is 0 Å². The standard InChI is InChI=1S/C16H15ClN2O2S/c1-13(11-14-5-3-2-4-6-14)12-18-19-22(20,21)16-9-7-15(17)8-10-16/h2-12,19H,1H3. The number of sulfonamides is 1. The molecule has 0 aliphatic heterocycles. The average Bonchev–Trinajstić information content (AvgIpc) is 2.48. The number of halogens is 1. The van der Waals surface area contributed by atoms with Crippen LogP contribution in [0.5, 0.6) is 0 Å². The van der Waals surface area contributed by atoms with E-state index in [0.717, 1.165) is 11.1 Å². The number of nitrogens with one attached hydrogen (secondary N) is 1. The van der Waals surface area contributed by atoms with Crippen LogP contribution < -0.4 is 4.83 Å². The summed E-state index contributed by atoms with van der Waals surface area (Å²) in [7, 11) is -3.68. The third-order valence-electron chi connectivity index (χ3n) is 2.76. The highest BCUT2D eigenvalue weighted by molar-refractivity contribution is 7.89. The second kappa shape index (κ2) is 7.24. The summed E-state index contributed by atoms with van der Waals surface area (Å²) in [6.45, 7) is 1.84. The van der Waals surface area contributed by atoms with E-state index in [2.05, 4.69) is 9.93 Å². The van der Waals surface area contributed by atoms with Gasteiger partial charge >= 0.3 is 0 Å². The number of hydrogen-bond donors (Lipinski definition) is 1. The lowest BCUT2D eigenvalue weighted by molar-refractivity contribution is 0.584. The van der Waals surface area contributed by atoms with E-state index in [1.165, 1.54) is 30.5 Å². The second-order valence-electron chi connectivity index (χ2n) is 4.61. The summed E-state index contributed by atoms with van der Waals surface area (Å²) in [5.41, 5.74) is 1.84. The summed E-state index contributed by atoms with van der Waals surface area (Å²) in [5, 5.41) is 4.25. The van der Waals surface area contributed by atoms with Crippen molar-refractivity contribution < 1.29 is 8.42 Å². The summed E-state index contributed by atoms with van der Waals surface area (Å²) in [5.74, 6) is 0. The SMILES string of the molecule is CC(C=NNS(=O)(=O)c1ccc(Cl)cc1)=Cc1ccccc1. The Morgan fingerprint density at radius 3 is 2.36 bits per heavy atom. The van der Waals surface area contributed by atoms with E-state index in [1.807, 2.05) is 43.3 Å². The first-order valence-corrected chi connectivity index (χ1v) is 8.37. The van der Waals surface area contributed by atoms with Gasteiger partial charge in [-0.05, 0) is 42.3 Å². The van der Waals surface area contributed by atoms with Crippen molar-refractivity contribution in [1.82, 2.24) is 4.83 Å². The van der Waals surface area contributed by atoms with Crippen molar-refractivity contribution in [2.24, 2.45) is 5.10 Å². The van der Waals surface area contributed by atoms with Crippen molar-refractivity contribution in [3.63, 3.8) is 0 Å². The number of allylic oxidation sites excluding steroid dienone is 1. The fourth-order valence-electron chi connectivity index (χ4n) is 1.71. The molecular weight excluding hydrogens is 320 g/mol. The summed E-state index contributed by atoms with van der Waals surface area (Å²) in [6, 6.07) is 15.6. The third-order valence-corrected chi connectivity index (χ3v) is 4.25. The highest BCUT2D eigenvalue weighted by Crippen LogP contribution is 2.13. The highest BCUT2D eigenvalue weighted by atomic mass is 35.5. The summed E-state index contributed by atoms with van der Waals surface area (Å²) >= 11 is 5.73. The van der Waals surface area contributed by atoms with Gasteiger partial charge in [-0.1, -0.05) is 48.0 Å². The van der Waals surface area contributed by atoms with Gasteiger partial charge in [0, 0.05) is 5.02 Å². The molecule has 0 aromatic heterocycles. The van der Waals surface area contributed by atoms with Crippen molar-refractivity contribution >= 4 is 33.9 Å². The largest absolute Gasteiger partial charge is 0.276 e. The van der Waals surface area contributed by atoms with Crippen LogP contribution in [0.3, 0.4) is 0 Å². The van der Waals surface area contributed by atoms with E-state index in [-0.39, 0.29) is 4.90 Å². The second-order valence-corrected chi connectivity index (χ2v) is 6.70. The third kappa shape index (κ3) is 4.72. The summed E-state index contributed by atoms with van der Waals surface area (Å²) < 4.78 is 24.0. The molecule has 0 aliphatic carbocycles. The lowest BCUT2D eigenvalue weighted by Crippen LogP contribution is -2.18. The molecule has 0 heterocycles. The van der Waals surface area contributed by atoms with Gasteiger partial charge in [-0.15, -0.1) is 0 Å². The molecule has 0 unspecified atom stereocenters. The minimum Gasteiger partial charge on any atom is -0.200 e. The number of hydrazone groups is 1. The zero-order valence-corrected chi connectivity index (χ0v) is 13.5. The van der Waals surface area contributed by atoms with Gasteiger partial charge in [0.05, 0.1) is 11.1 Å². The Morgan fingerprint density at radius 1 is 1.09 bits per heavy atom. The molecule has 6 heteroatoms. The maximum atomic E-state index is 12.0. The first kappa shape index (κ1) is 16.3. The maximum Gasteiger partial charge on any atom is 0.276 e. The van der Waals surface area contributed by atoms with E-state index in [9.17, 15) is 8.42 Å². The smallest absolute Gasteiger partial charge is 0.200 e. The van der Waals surface area contributed by atoms with Crippen molar-refractivity contribution in [3.8, 4) is 0 Å². The predicted octanol–water partition coefficient (Wildman–Crippen LogP) is 3.71. The van der Waals surface area contributed by atoms with Gasteiger partial charge in [0.25, 0.3) is 10.0 Å². The Morgan fingerprint density at radius 2 is 1.73 bits per heavy atom. The van der Waals surface area contributed by atoms with Crippen molar-refractivity contribution in [3.05, 3.63) is 70.8 Å². The van der Waals surface area contributed by atoms with Crippen LogP contribution in [0.25, 0.3) is 6.08 Å². The Labute approximate surface area is 135 Å². The highest BCUT2D eigenvalue weighted by Gasteiger charge is 2.11. The van der Waals surface area contributed by atoms with Gasteiger partial charge < -0.3 is 0 Å². The zero-order valence-electron chi connectivity index (χ0n) is 11.9. The average molecular weight is 335 g/mol. The van der Waals surface area contributed by atoms with Crippen LogP contribution in [0, 0.1) is 0 Å². The van der Waals surface area contributed by atoms with E-state index in [1.54, 1.807) is 0 Å². The van der Waals surface area contributed by atoms with Crippen LogP contribution in [0.4, 0.5) is 0 Å². The number of hydrogen-bond acceptors (Lipinski definition) is 3. The lowest BCUT2D eigenvalue weighted by Gasteiger charge is -2.03. The van der Waals surface area contributed by atoms with Crippen molar-refractivity contribution in [1.29, 1.82) is 0 Å². The normalized spacial score (nSPS) is 12.5. The minimum absolute atomic E-state index is 0.110. The molecule has 2 rings (SSSR count). The summed E-state index contributed by atoms with van der Waals surface area (Å²) in [4.78, 5) is 2.28. The molecule has 0 fully saturated rings. The Bertz CT molecular complexity index is 783. The molecule has 4 nitrogen and oxygen atoms in total. The van der Waals surface area contributed by atoms with Crippen molar-refractivity contribution in [2.45, 2.75) is 11.8 Å². The molecule has 2 aromatic rings. The Balaban J connectivity index is 2.05. The molecule has 2 aromatic carbocycles. The fourth-order valence-corrected chi connectivity index (χ4v) is 2.63. The van der Waals surface area contributed by atoms with Crippen LogP contribution in [-0.4, -0.2) is 14.6 Å². The Kier molecular flexibility index (Phi) is 5.35. The topological polar surface area (TPSA) is 58.5 Å². The lowest BCUT2D eigenvalue weighted by atomic mass is 10.1. The van der Waals surface area contributed by atoms with Gasteiger partial charge in [-0.2, -0.15) is 13.5 Å². The van der Waals surface area contributed by atoms with Crippen LogP contribution in [0.1, 0.15) is 12.5 Å². The van der Waals surface area contributed by atoms with Crippen LogP contribution in [-0.2, 0) is 10.0 Å². The molecule has 1 N–H and O–H groups in total. The molecule has 0 radical (unpaired) electrons. The number of rotatable bonds is 5. The molecule has 0 atom stereocenters. The van der Waals surface area contributed by atoms with Crippen LogP contribution >= 0.6 is 11.6 Å². The number of benzene rings is 2. The molecule has 0 aliphatic rings. The minimum atomic E-state index is -3.68. The van der Waals surface area contributed by atoms with E-state index < -0.39 is 10.0 Å². The zero-order chi connectivity index (χ0) is 16.0. The van der Waals surface area contributed by atoms with E-state index in [0.29, 0.717) is 5.02 Å². The molecule has 114 valence electrons. The van der Waals surface area contributed by atoms with Gasteiger partial charge in [-0.25, -0.2) is 4.83 Å². The van der Waals surface area contributed by atoms with Gasteiger partial charge in [-0.3, -0.25) is 0 Å². The predicted molar refractivity (Wildman–Crippen MR) is 90.4 cm³/mol. The fraction of sp³-hybridized carbons (Fsp3) is 0.0625. The first-order chi connectivity index (χ1) is 10.5. The molecule has 0 saturated heterocycles. The Hall–Kier alpha value is -2.11. The van der Waals surface area contributed by atoms with Crippen LogP contribution in [0.15, 0.2) is 70.2 Å². The first-order valence-electron chi connectivity index (χ1n) is 6.51. The molecule has 22 heavy (non-hydrogen) atoms. The quantitative estimate of drug-likeness (QED) is 0.669. The van der Waals surface area contributed by atoms with Gasteiger partial charge in [0.15, 0.2) is 0 Å². The molecule has 0 saturated carbocycles. The molecule has 0 bridgehead atoms. The maximum absolute atomic E-state index is 12.0. The molecule has 0 amide bonds.